The van der Waals surface area contributed by atoms with Gasteiger partial charge in [0.05, 0.1) is 0 Å². The van der Waals surface area contributed by atoms with Crippen molar-refractivity contribution < 1.29 is 57.3 Å². The molecule has 0 aromatic carbocycles. The molecule has 0 amide bonds. The Bertz CT molecular complexity index is 1190. The van der Waals surface area contributed by atoms with Crippen LogP contribution in [0.5, 0.6) is 0 Å². The van der Waals surface area contributed by atoms with Crippen LogP contribution in [-0.4, -0.2) is 123 Å². The molecule has 14 nitrogen and oxygen atoms in total. The lowest BCUT2D eigenvalue weighted by Crippen LogP contribution is -2.41. The van der Waals surface area contributed by atoms with Crippen molar-refractivity contribution in [3.05, 3.63) is 0 Å². The molecule has 0 unspecified atom stereocenters. The maximum atomic E-state index is 12.7. The van der Waals surface area contributed by atoms with Crippen molar-refractivity contribution in [3.8, 4) is 0 Å². The smallest absolute Gasteiger partial charge is 0.313 e. The van der Waals surface area contributed by atoms with Crippen molar-refractivity contribution in [2.45, 2.75) is 154 Å². The van der Waals surface area contributed by atoms with Gasteiger partial charge >= 0.3 is 23.9 Å². The van der Waals surface area contributed by atoms with Gasteiger partial charge in [0, 0.05) is 62.9 Å². The normalized spacial score (nSPS) is 18.5. The van der Waals surface area contributed by atoms with E-state index in [1.54, 1.807) is 0 Å². The van der Waals surface area contributed by atoms with Crippen LogP contribution in [0.2, 0.25) is 0 Å². The zero-order valence-electron chi connectivity index (χ0n) is 36.1. The van der Waals surface area contributed by atoms with E-state index in [4.69, 9.17) is 18.9 Å². The largest absolute Gasteiger partial charge is 0.464 e. The van der Waals surface area contributed by atoms with Crippen LogP contribution in [0.4, 0.5) is 0 Å². The van der Waals surface area contributed by atoms with Gasteiger partial charge in [-0.2, -0.15) is 0 Å². The molecule has 0 spiro atoms. The Morgan fingerprint density at radius 2 is 0.500 bits per heavy atom. The number of ether oxygens (including phenoxy) is 4. The molecule has 0 aromatic heterocycles. The SMILES string of the molecule is O=C(CC(=O)C1CCCCC1)OCCN(CCOC(=O)CC(=O)C1CCCCC1)CCN(CCOC(=O)CC(=O)C1CCCCC1)CCOC(=O)CC(=O)C1CCCCC1. The highest BCUT2D eigenvalue weighted by atomic mass is 16.5. The molecule has 14 heteroatoms. The summed E-state index contributed by atoms with van der Waals surface area (Å²) in [6.45, 7) is 1.87. The van der Waals surface area contributed by atoms with Crippen LogP contribution in [0.3, 0.4) is 0 Å². The molecule has 4 aliphatic carbocycles. The Balaban J connectivity index is 1.30. The first kappa shape index (κ1) is 49.1. The minimum absolute atomic E-state index is 0.00413. The van der Waals surface area contributed by atoms with Crippen LogP contribution in [0.25, 0.3) is 0 Å². The number of esters is 4. The summed E-state index contributed by atoms with van der Waals surface area (Å²) in [5.41, 5.74) is 0. The highest BCUT2D eigenvalue weighted by Gasteiger charge is 2.27. The molecule has 60 heavy (non-hydrogen) atoms. The number of hydrogen-bond acceptors (Lipinski definition) is 14. The fraction of sp³-hybridized carbons (Fsp3) is 0.826. The number of ketones is 4. The van der Waals surface area contributed by atoms with Gasteiger partial charge in [0.25, 0.3) is 0 Å². The zero-order valence-corrected chi connectivity index (χ0v) is 36.1. The maximum absolute atomic E-state index is 12.7. The van der Waals surface area contributed by atoms with Gasteiger partial charge in [-0.05, 0) is 51.4 Å². The number of carbonyl (C=O) groups is 8. The summed E-state index contributed by atoms with van der Waals surface area (Å²) >= 11 is 0. The third-order valence-electron chi connectivity index (χ3n) is 12.9. The van der Waals surface area contributed by atoms with Crippen molar-refractivity contribution in [2.75, 3.05) is 65.7 Å². The van der Waals surface area contributed by atoms with Crippen LogP contribution in [-0.2, 0) is 57.3 Å². The average molecular weight is 845 g/mol. The van der Waals surface area contributed by atoms with Crippen molar-refractivity contribution in [1.29, 1.82) is 0 Å². The highest BCUT2D eigenvalue weighted by Crippen LogP contribution is 2.28. The molecule has 0 bridgehead atoms. The third kappa shape index (κ3) is 19.5. The molecule has 338 valence electrons. The van der Waals surface area contributed by atoms with Gasteiger partial charge < -0.3 is 18.9 Å². The van der Waals surface area contributed by atoms with Crippen LogP contribution in [0.15, 0.2) is 0 Å². The van der Waals surface area contributed by atoms with E-state index in [-0.39, 0.29) is 125 Å². The second-order valence-corrected chi connectivity index (χ2v) is 17.5. The Morgan fingerprint density at radius 3 is 0.700 bits per heavy atom. The van der Waals surface area contributed by atoms with Gasteiger partial charge in [-0.3, -0.25) is 48.2 Å². The van der Waals surface area contributed by atoms with Crippen molar-refractivity contribution >= 4 is 47.0 Å². The van der Waals surface area contributed by atoms with Crippen LogP contribution in [0, 0.1) is 23.7 Å². The first-order chi connectivity index (χ1) is 29.1. The molecule has 4 saturated carbocycles. The van der Waals surface area contributed by atoms with E-state index in [1.807, 2.05) is 9.80 Å². The molecular weight excluding hydrogens is 773 g/mol. The van der Waals surface area contributed by atoms with Crippen LogP contribution >= 0.6 is 0 Å². The predicted molar refractivity (Wildman–Crippen MR) is 222 cm³/mol. The zero-order chi connectivity index (χ0) is 43.0. The van der Waals surface area contributed by atoms with Gasteiger partial charge in [0.2, 0.25) is 0 Å². The fourth-order valence-corrected chi connectivity index (χ4v) is 9.16. The summed E-state index contributed by atoms with van der Waals surface area (Å²) in [5.74, 6) is -3.02. The molecule has 4 rings (SSSR count). The number of hydrogen-bond donors (Lipinski definition) is 0. The van der Waals surface area contributed by atoms with Gasteiger partial charge in [-0.15, -0.1) is 0 Å². The topological polar surface area (TPSA) is 180 Å². The van der Waals surface area contributed by atoms with E-state index < -0.39 is 23.9 Å². The van der Waals surface area contributed by atoms with Gasteiger partial charge in [-0.1, -0.05) is 77.0 Å². The molecular formula is C46H72N2O12. The second kappa shape index (κ2) is 28.2. The Labute approximate surface area is 356 Å². The molecule has 0 aromatic rings. The lowest BCUT2D eigenvalue weighted by Gasteiger charge is -2.27. The van der Waals surface area contributed by atoms with E-state index in [2.05, 4.69) is 0 Å². The fourth-order valence-electron chi connectivity index (χ4n) is 9.16. The van der Waals surface area contributed by atoms with Gasteiger partial charge in [-0.25, -0.2) is 0 Å². The Hall–Kier alpha value is -3.52. The summed E-state index contributed by atoms with van der Waals surface area (Å²) < 4.78 is 21.9. The molecule has 4 aliphatic rings. The van der Waals surface area contributed by atoms with Gasteiger partial charge in [0.1, 0.15) is 75.2 Å². The summed E-state index contributed by atoms with van der Waals surface area (Å²) in [6, 6.07) is 0. The average Bonchev–Trinajstić information content (AvgIpc) is 3.26. The van der Waals surface area contributed by atoms with Crippen LogP contribution in [0.1, 0.15) is 154 Å². The maximum Gasteiger partial charge on any atom is 0.313 e. The monoisotopic (exact) mass is 845 g/mol. The quantitative estimate of drug-likeness (QED) is 0.0540. The Kier molecular flexibility index (Phi) is 23.1. The van der Waals surface area contributed by atoms with Crippen molar-refractivity contribution in [3.63, 3.8) is 0 Å². The lowest BCUT2D eigenvalue weighted by atomic mass is 9.85. The van der Waals surface area contributed by atoms with Crippen molar-refractivity contribution in [2.24, 2.45) is 23.7 Å². The molecule has 0 atom stereocenters. The van der Waals surface area contributed by atoms with Crippen molar-refractivity contribution in [1.82, 2.24) is 9.80 Å². The first-order valence-corrected chi connectivity index (χ1v) is 23.3. The molecule has 0 saturated heterocycles. The number of Topliss-reactive ketones (excluding diaryl/α,β-unsaturated/α-hetero) is 4. The standard InChI is InChI=1S/C46H72N2O12/c49-39(35-13-5-1-6-14-35)31-43(53)57-27-23-47(24-28-58-44(54)32-40(50)36-15-7-2-8-16-36)21-22-48(25-29-59-45(55)33-41(51)37-17-9-3-10-18-37)26-30-60-46(56)34-42(52)38-19-11-4-12-20-38/h35-38H,1-34H2. The van der Waals surface area contributed by atoms with Crippen LogP contribution < -0.4 is 0 Å². The first-order valence-electron chi connectivity index (χ1n) is 23.3. The minimum Gasteiger partial charge on any atom is -0.464 e. The lowest BCUT2D eigenvalue weighted by molar-refractivity contribution is -0.150. The summed E-state index contributed by atoms with van der Waals surface area (Å²) in [4.78, 5) is 105. The summed E-state index contributed by atoms with van der Waals surface area (Å²) in [7, 11) is 0. The number of carbonyl (C=O) groups excluding carboxylic acids is 8. The highest BCUT2D eigenvalue weighted by molar-refractivity contribution is 5.98. The van der Waals surface area contributed by atoms with E-state index in [0.717, 1.165) is 128 Å². The molecule has 0 N–H and O–H groups in total. The summed E-state index contributed by atoms with van der Waals surface area (Å²) in [6.07, 6.45) is 17.7. The molecule has 4 fully saturated rings. The third-order valence-corrected chi connectivity index (χ3v) is 12.9. The molecule has 0 aliphatic heterocycles. The van der Waals surface area contributed by atoms with E-state index in [1.165, 1.54) is 0 Å². The Morgan fingerprint density at radius 1 is 0.300 bits per heavy atom. The van der Waals surface area contributed by atoms with E-state index >= 15 is 0 Å². The number of nitrogens with zero attached hydrogens (tertiary/aromatic N) is 2. The second-order valence-electron chi connectivity index (χ2n) is 17.5. The summed E-state index contributed by atoms with van der Waals surface area (Å²) in [5, 5.41) is 0. The van der Waals surface area contributed by atoms with E-state index in [0.29, 0.717) is 13.1 Å². The molecule has 0 radical (unpaired) electrons. The molecule has 0 heterocycles. The van der Waals surface area contributed by atoms with E-state index in [9.17, 15) is 38.4 Å². The minimum atomic E-state index is -0.577. The predicted octanol–water partition coefficient (Wildman–Crippen LogP) is 5.92. The van der Waals surface area contributed by atoms with Gasteiger partial charge in [0.15, 0.2) is 0 Å². The number of rotatable bonds is 27.